The Kier molecular flexibility index (Phi) is 3.49. The van der Waals surface area contributed by atoms with Crippen molar-refractivity contribution in [2.75, 3.05) is 5.32 Å². The second-order valence-corrected chi connectivity index (χ2v) is 5.88. The lowest BCUT2D eigenvalue weighted by atomic mass is 10.1. The number of nitrogens with one attached hydrogen (secondary N) is 1. The van der Waals surface area contributed by atoms with E-state index >= 15 is 0 Å². The topological polar surface area (TPSA) is 29.9 Å². The van der Waals surface area contributed by atoms with Crippen molar-refractivity contribution in [3.63, 3.8) is 0 Å². The van der Waals surface area contributed by atoms with Gasteiger partial charge in [0.05, 0.1) is 17.9 Å². The fraction of sp³-hybridized carbons (Fsp3) is 0.188. The molecule has 1 heterocycles. The molecule has 3 rings (SSSR count). The highest BCUT2D eigenvalue weighted by Gasteiger charge is 2.02. The van der Waals surface area contributed by atoms with Crippen LogP contribution in [0.4, 0.5) is 5.69 Å². The summed E-state index contributed by atoms with van der Waals surface area (Å²) in [6.45, 7) is 2.79. The van der Waals surface area contributed by atoms with Gasteiger partial charge < -0.3 is 5.32 Å². The van der Waals surface area contributed by atoms with E-state index in [4.69, 9.17) is 0 Å². The van der Waals surface area contributed by atoms with Gasteiger partial charge in [-0.15, -0.1) is 0 Å². The van der Waals surface area contributed by atoms with Gasteiger partial charge in [0, 0.05) is 17.2 Å². The van der Waals surface area contributed by atoms with Crippen LogP contribution in [0.1, 0.15) is 11.4 Å². The number of fused-ring (bicyclic) bond motifs is 1. The van der Waals surface area contributed by atoms with Crippen molar-refractivity contribution in [1.82, 2.24) is 9.78 Å². The van der Waals surface area contributed by atoms with E-state index in [1.54, 1.807) is 0 Å². The summed E-state index contributed by atoms with van der Waals surface area (Å²) in [5.41, 5.74) is 3.35. The average molecular weight is 330 g/mol. The third-order valence-corrected chi connectivity index (χ3v) is 3.87. The standard InChI is InChI=1S/C16H16BrN3/c1-11-7-16(20(2)19-11)10-18-15-6-4-12-8-14(17)5-3-13(12)9-15/h3-9,18H,10H2,1-2H3. The molecule has 0 saturated carbocycles. The maximum atomic E-state index is 4.35. The summed E-state index contributed by atoms with van der Waals surface area (Å²) in [6.07, 6.45) is 0. The van der Waals surface area contributed by atoms with Gasteiger partial charge in [-0.05, 0) is 48.0 Å². The Hall–Kier alpha value is -1.81. The normalized spacial score (nSPS) is 10.9. The van der Waals surface area contributed by atoms with Crippen molar-refractivity contribution in [3.05, 3.63) is 58.3 Å². The predicted octanol–water partition coefficient (Wildman–Crippen LogP) is 4.26. The van der Waals surface area contributed by atoms with Gasteiger partial charge in [-0.1, -0.05) is 28.1 Å². The Labute approximate surface area is 126 Å². The number of aryl methyl sites for hydroxylation is 2. The molecule has 0 aliphatic heterocycles. The van der Waals surface area contributed by atoms with Crippen molar-refractivity contribution in [2.45, 2.75) is 13.5 Å². The lowest BCUT2D eigenvalue weighted by molar-refractivity contribution is 0.713. The molecular formula is C16H16BrN3. The summed E-state index contributed by atoms with van der Waals surface area (Å²) in [5.74, 6) is 0. The van der Waals surface area contributed by atoms with Crippen LogP contribution in [0.15, 0.2) is 46.9 Å². The van der Waals surface area contributed by atoms with Crippen LogP contribution in [0.25, 0.3) is 10.8 Å². The molecule has 20 heavy (non-hydrogen) atoms. The number of benzene rings is 2. The Bertz CT molecular complexity index is 762. The number of hydrogen-bond acceptors (Lipinski definition) is 2. The molecule has 0 bridgehead atoms. The van der Waals surface area contributed by atoms with Crippen molar-refractivity contribution in [2.24, 2.45) is 7.05 Å². The minimum Gasteiger partial charge on any atom is -0.379 e. The molecule has 3 aromatic rings. The molecule has 0 saturated heterocycles. The van der Waals surface area contributed by atoms with Gasteiger partial charge in [-0.25, -0.2) is 0 Å². The zero-order valence-corrected chi connectivity index (χ0v) is 13.1. The summed E-state index contributed by atoms with van der Waals surface area (Å²) in [7, 11) is 1.97. The summed E-state index contributed by atoms with van der Waals surface area (Å²) in [5, 5.41) is 10.3. The van der Waals surface area contributed by atoms with E-state index in [2.05, 4.69) is 68.8 Å². The van der Waals surface area contributed by atoms with E-state index in [9.17, 15) is 0 Å². The van der Waals surface area contributed by atoms with E-state index in [1.165, 1.54) is 16.5 Å². The lowest BCUT2D eigenvalue weighted by Gasteiger charge is -2.08. The Balaban J connectivity index is 1.81. The van der Waals surface area contributed by atoms with Gasteiger partial charge in [0.2, 0.25) is 0 Å². The van der Waals surface area contributed by atoms with Gasteiger partial charge in [-0.2, -0.15) is 5.10 Å². The number of nitrogens with zero attached hydrogens (tertiary/aromatic N) is 2. The molecule has 4 heteroatoms. The van der Waals surface area contributed by atoms with E-state index in [0.717, 1.165) is 22.4 Å². The molecule has 0 radical (unpaired) electrons. The van der Waals surface area contributed by atoms with E-state index in [0.29, 0.717) is 0 Å². The van der Waals surface area contributed by atoms with Crippen LogP contribution < -0.4 is 5.32 Å². The molecule has 0 unspecified atom stereocenters. The molecule has 2 aromatic carbocycles. The molecule has 0 fully saturated rings. The van der Waals surface area contributed by atoms with Gasteiger partial charge in [-0.3, -0.25) is 4.68 Å². The van der Waals surface area contributed by atoms with Gasteiger partial charge in [0.25, 0.3) is 0 Å². The number of anilines is 1. The first-order valence-electron chi connectivity index (χ1n) is 6.54. The average Bonchev–Trinajstić information content (AvgIpc) is 2.74. The van der Waals surface area contributed by atoms with Crippen molar-refractivity contribution in [3.8, 4) is 0 Å². The van der Waals surface area contributed by atoms with Crippen LogP contribution in [-0.4, -0.2) is 9.78 Å². The van der Waals surface area contributed by atoms with Gasteiger partial charge >= 0.3 is 0 Å². The second kappa shape index (κ2) is 5.29. The first-order chi connectivity index (χ1) is 9.61. The monoisotopic (exact) mass is 329 g/mol. The van der Waals surface area contributed by atoms with E-state index in [1.807, 2.05) is 18.7 Å². The highest BCUT2D eigenvalue weighted by atomic mass is 79.9. The lowest BCUT2D eigenvalue weighted by Crippen LogP contribution is -2.05. The summed E-state index contributed by atoms with van der Waals surface area (Å²) in [6, 6.07) is 14.8. The Morgan fingerprint density at radius 2 is 1.85 bits per heavy atom. The summed E-state index contributed by atoms with van der Waals surface area (Å²) in [4.78, 5) is 0. The fourth-order valence-electron chi connectivity index (χ4n) is 2.35. The maximum Gasteiger partial charge on any atom is 0.0597 e. The predicted molar refractivity (Wildman–Crippen MR) is 86.9 cm³/mol. The number of aromatic nitrogens is 2. The largest absolute Gasteiger partial charge is 0.379 e. The highest BCUT2D eigenvalue weighted by molar-refractivity contribution is 9.10. The van der Waals surface area contributed by atoms with Crippen molar-refractivity contribution < 1.29 is 0 Å². The zero-order valence-electron chi connectivity index (χ0n) is 11.5. The van der Waals surface area contributed by atoms with Gasteiger partial charge in [0.15, 0.2) is 0 Å². The summed E-state index contributed by atoms with van der Waals surface area (Å²) < 4.78 is 3.02. The molecule has 0 aliphatic rings. The molecule has 102 valence electrons. The summed E-state index contributed by atoms with van der Waals surface area (Å²) >= 11 is 3.50. The Morgan fingerprint density at radius 1 is 1.10 bits per heavy atom. The number of rotatable bonds is 3. The fourth-order valence-corrected chi connectivity index (χ4v) is 2.73. The molecule has 0 amide bonds. The van der Waals surface area contributed by atoms with Crippen LogP contribution in [0, 0.1) is 6.92 Å². The van der Waals surface area contributed by atoms with Crippen LogP contribution >= 0.6 is 15.9 Å². The van der Waals surface area contributed by atoms with Crippen LogP contribution in [-0.2, 0) is 13.6 Å². The van der Waals surface area contributed by atoms with Crippen molar-refractivity contribution in [1.29, 1.82) is 0 Å². The first-order valence-corrected chi connectivity index (χ1v) is 7.34. The molecule has 1 aromatic heterocycles. The molecule has 3 nitrogen and oxygen atoms in total. The zero-order chi connectivity index (χ0) is 14.1. The SMILES string of the molecule is Cc1cc(CNc2ccc3cc(Br)ccc3c2)n(C)n1. The van der Waals surface area contributed by atoms with Crippen LogP contribution in [0.5, 0.6) is 0 Å². The quantitative estimate of drug-likeness (QED) is 0.778. The number of hydrogen-bond donors (Lipinski definition) is 1. The van der Waals surface area contributed by atoms with Gasteiger partial charge in [0.1, 0.15) is 0 Å². The second-order valence-electron chi connectivity index (χ2n) is 4.96. The molecular weight excluding hydrogens is 314 g/mol. The molecule has 1 N–H and O–H groups in total. The van der Waals surface area contributed by atoms with E-state index in [-0.39, 0.29) is 0 Å². The maximum absolute atomic E-state index is 4.35. The van der Waals surface area contributed by atoms with Crippen LogP contribution in [0.3, 0.4) is 0 Å². The third-order valence-electron chi connectivity index (χ3n) is 3.37. The molecule has 0 aliphatic carbocycles. The van der Waals surface area contributed by atoms with Crippen molar-refractivity contribution >= 4 is 32.4 Å². The minimum absolute atomic E-state index is 0.777. The third kappa shape index (κ3) is 2.70. The minimum atomic E-state index is 0.777. The molecule has 0 spiro atoms. The first kappa shape index (κ1) is 13.2. The van der Waals surface area contributed by atoms with Crippen LogP contribution in [0.2, 0.25) is 0 Å². The van der Waals surface area contributed by atoms with E-state index < -0.39 is 0 Å². The number of halogens is 1. The molecule has 0 atom stereocenters. The Morgan fingerprint density at radius 3 is 2.60 bits per heavy atom. The smallest absolute Gasteiger partial charge is 0.0597 e. The highest BCUT2D eigenvalue weighted by Crippen LogP contribution is 2.23.